The molecule has 4 nitrogen and oxygen atoms in total. The molecule has 2 N–H and O–H groups in total. The molecule has 1 spiro atoms. The van der Waals surface area contributed by atoms with E-state index in [1.54, 1.807) is 12.3 Å². The van der Waals surface area contributed by atoms with Crippen LogP contribution in [0.1, 0.15) is 30.4 Å². The van der Waals surface area contributed by atoms with Gasteiger partial charge in [0.25, 0.3) is 0 Å². The van der Waals surface area contributed by atoms with E-state index in [2.05, 4.69) is 10.3 Å². The van der Waals surface area contributed by atoms with Gasteiger partial charge in [-0.2, -0.15) is 13.2 Å². The molecule has 1 amide bonds. The summed E-state index contributed by atoms with van der Waals surface area (Å²) < 4.78 is 43.7. The highest BCUT2D eigenvalue weighted by Gasteiger charge is 2.65. The lowest BCUT2D eigenvalue weighted by atomic mass is 10.1. The molecule has 150 valence electrons. The average molecular weight is 400 g/mol. The van der Waals surface area contributed by atoms with Crippen molar-refractivity contribution in [3.05, 3.63) is 59.8 Å². The van der Waals surface area contributed by atoms with E-state index in [1.807, 2.05) is 12.1 Å². The monoisotopic (exact) mass is 400 g/mol. The number of hydrogen-bond donors (Lipinski definition) is 2. The number of fused-ring (bicyclic) bond motifs is 1. The Labute approximate surface area is 165 Å². The van der Waals surface area contributed by atoms with E-state index in [0.717, 1.165) is 42.3 Å². The minimum absolute atomic E-state index is 0.0690. The standard InChI is InChI=1S/C22H19F3N2O2/c23-22(24,25)14-3-1-13(2-4-14)12-29-15-5-6-18-16(9-15)19(11-26-18)27-20(28)17-10-21(17)7-8-21/h1-6,9,11,17,26H,7-8,10,12H2,(H,27,28). The molecule has 2 saturated carbocycles. The lowest BCUT2D eigenvalue weighted by Gasteiger charge is -2.10. The normalized spacial score (nSPS) is 19.3. The third kappa shape index (κ3) is 3.45. The van der Waals surface area contributed by atoms with Crippen LogP contribution < -0.4 is 10.1 Å². The maximum atomic E-state index is 12.7. The minimum atomic E-state index is -4.35. The smallest absolute Gasteiger partial charge is 0.416 e. The number of benzene rings is 2. The fourth-order valence-electron chi connectivity index (χ4n) is 3.90. The number of anilines is 1. The zero-order valence-electron chi connectivity index (χ0n) is 15.5. The van der Waals surface area contributed by atoms with Gasteiger partial charge in [0.15, 0.2) is 0 Å². The largest absolute Gasteiger partial charge is 0.489 e. The van der Waals surface area contributed by atoms with E-state index in [9.17, 15) is 18.0 Å². The van der Waals surface area contributed by atoms with Crippen molar-refractivity contribution < 1.29 is 22.7 Å². The van der Waals surface area contributed by atoms with Crippen molar-refractivity contribution in [2.24, 2.45) is 11.3 Å². The van der Waals surface area contributed by atoms with Gasteiger partial charge in [-0.15, -0.1) is 0 Å². The summed E-state index contributed by atoms with van der Waals surface area (Å²) in [5.41, 5.74) is 1.85. The third-order valence-electron chi connectivity index (χ3n) is 6.00. The van der Waals surface area contributed by atoms with Crippen LogP contribution in [0.5, 0.6) is 5.75 Å². The van der Waals surface area contributed by atoms with Gasteiger partial charge in [-0.3, -0.25) is 4.79 Å². The van der Waals surface area contributed by atoms with Crippen LogP contribution in [0.25, 0.3) is 10.9 Å². The van der Waals surface area contributed by atoms with Gasteiger partial charge < -0.3 is 15.0 Å². The molecule has 0 aliphatic heterocycles. The summed E-state index contributed by atoms with van der Waals surface area (Å²) in [7, 11) is 0. The van der Waals surface area contributed by atoms with Crippen LogP contribution in [-0.4, -0.2) is 10.9 Å². The van der Waals surface area contributed by atoms with E-state index in [4.69, 9.17) is 4.74 Å². The Hall–Kier alpha value is -2.96. The molecule has 0 radical (unpaired) electrons. The number of carbonyl (C=O) groups is 1. The molecule has 2 aromatic carbocycles. The summed E-state index contributed by atoms with van der Waals surface area (Å²) in [4.78, 5) is 15.6. The van der Waals surface area contributed by atoms with Gasteiger partial charge in [-0.1, -0.05) is 12.1 Å². The first kappa shape index (κ1) is 18.1. The first-order valence-corrected chi connectivity index (χ1v) is 9.55. The molecule has 0 bridgehead atoms. The predicted octanol–water partition coefficient (Wildman–Crippen LogP) is 5.50. The number of carbonyl (C=O) groups excluding carboxylic acids is 1. The number of alkyl halides is 3. The Morgan fingerprint density at radius 3 is 2.59 bits per heavy atom. The molecule has 2 aliphatic rings. The van der Waals surface area contributed by atoms with Crippen molar-refractivity contribution in [1.29, 1.82) is 0 Å². The highest BCUT2D eigenvalue weighted by atomic mass is 19.4. The molecular formula is C22H19F3N2O2. The molecule has 0 saturated heterocycles. The lowest BCUT2D eigenvalue weighted by Crippen LogP contribution is -2.14. The third-order valence-corrected chi connectivity index (χ3v) is 6.00. The second-order valence-electron chi connectivity index (χ2n) is 8.00. The number of aromatic amines is 1. The van der Waals surface area contributed by atoms with Crippen LogP contribution in [0.15, 0.2) is 48.7 Å². The van der Waals surface area contributed by atoms with Crippen LogP contribution in [0.2, 0.25) is 0 Å². The Bertz CT molecular complexity index is 1080. The zero-order chi connectivity index (χ0) is 20.2. The number of aromatic nitrogens is 1. The van der Waals surface area contributed by atoms with E-state index in [0.29, 0.717) is 22.4 Å². The van der Waals surface area contributed by atoms with Crippen molar-refractivity contribution in [1.82, 2.24) is 4.98 Å². The second-order valence-corrected chi connectivity index (χ2v) is 8.00. The van der Waals surface area contributed by atoms with Gasteiger partial charge >= 0.3 is 6.18 Å². The van der Waals surface area contributed by atoms with E-state index >= 15 is 0 Å². The lowest BCUT2D eigenvalue weighted by molar-refractivity contribution is -0.137. The SMILES string of the molecule is O=C(Nc1c[nH]c2ccc(OCc3ccc(C(F)(F)F)cc3)cc12)C1CC12CC2. The highest BCUT2D eigenvalue weighted by molar-refractivity contribution is 6.04. The number of ether oxygens (including phenoxy) is 1. The molecule has 2 aliphatic carbocycles. The Morgan fingerprint density at radius 1 is 1.17 bits per heavy atom. The molecule has 7 heteroatoms. The Morgan fingerprint density at radius 2 is 1.93 bits per heavy atom. The summed E-state index contributed by atoms with van der Waals surface area (Å²) in [5.74, 6) is 0.781. The van der Waals surface area contributed by atoms with Gasteiger partial charge in [0.1, 0.15) is 12.4 Å². The van der Waals surface area contributed by atoms with Gasteiger partial charge in [0.05, 0.1) is 11.3 Å². The van der Waals surface area contributed by atoms with E-state index < -0.39 is 11.7 Å². The van der Waals surface area contributed by atoms with Crippen molar-refractivity contribution >= 4 is 22.5 Å². The topological polar surface area (TPSA) is 54.1 Å². The molecule has 1 atom stereocenters. The molecule has 5 rings (SSSR count). The molecular weight excluding hydrogens is 381 g/mol. The van der Waals surface area contributed by atoms with Gasteiger partial charge in [0, 0.05) is 23.0 Å². The van der Waals surface area contributed by atoms with E-state index in [1.165, 1.54) is 12.1 Å². The predicted molar refractivity (Wildman–Crippen MR) is 102 cm³/mol. The zero-order valence-corrected chi connectivity index (χ0v) is 15.5. The molecule has 1 unspecified atom stereocenters. The summed E-state index contributed by atoms with van der Waals surface area (Å²) in [6, 6.07) is 10.4. The number of amides is 1. The summed E-state index contributed by atoms with van der Waals surface area (Å²) in [6.45, 7) is 0.153. The van der Waals surface area contributed by atoms with Crippen LogP contribution in [-0.2, 0) is 17.6 Å². The molecule has 3 aromatic rings. The van der Waals surface area contributed by atoms with Gasteiger partial charge in [-0.25, -0.2) is 0 Å². The van der Waals surface area contributed by atoms with Crippen LogP contribution in [0.3, 0.4) is 0 Å². The molecule has 1 heterocycles. The number of rotatable bonds is 5. The summed E-state index contributed by atoms with van der Waals surface area (Å²) in [6.07, 6.45) is 0.716. The number of halogens is 3. The molecule has 29 heavy (non-hydrogen) atoms. The van der Waals surface area contributed by atoms with Crippen LogP contribution in [0, 0.1) is 11.3 Å². The van der Waals surface area contributed by atoms with Crippen molar-refractivity contribution in [2.75, 3.05) is 5.32 Å². The van der Waals surface area contributed by atoms with Crippen molar-refractivity contribution in [3.8, 4) is 5.75 Å². The maximum Gasteiger partial charge on any atom is 0.416 e. The van der Waals surface area contributed by atoms with Crippen LogP contribution >= 0.6 is 0 Å². The number of hydrogen-bond acceptors (Lipinski definition) is 2. The first-order valence-electron chi connectivity index (χ1n) is 9.55. The van der Waals surface area contributed by atoms with Crippen molar-refractivity contribution in [2.45, 2.75) is 32.0 Å². The average Bonchev–Trinajstić information content (AvgIpc) is 3.60. The number of H-pyrrole nitrogens is 1. The van der Waals surface area contributed by atoms with Crippen LogP contribution in [0.4, 0.5) is 18.9 Å². The fraction of sp³-hybridized carbons (Fsp3) is 0.318. The summed E-state index contributed by atoms with van der Waals surface area (Å²) in [5, 5.41) is 3.85. The van der Waals surface area contributed by atoms with Gasteiger partial charge in [0.2, 0.25) is 5.91 Å². The Kier molecular flexibility index (Phi) is 3.91. The minimum Gasteiger partial charge on any atom is -0.489 e. The second kappa shape index (κ2) is 6.27. The quantitative estimate of drug-likeness (QED) is 0.594. The summed E-state index contributed by atoms with van der Waals surface area (Å²) >= 11 is 0. The fourth-order valence-corrected chi connectivity index (χ4v) is 3.90. The number of nitrogens with one attached hydrogen (secondary N) is 2. The molecule has 1 aromatic heterocycles. The van der Waals surface area contributed by atoms with E-state index in [-0.39, 0.29) is 18.4 Å². The van der Waals surface area contributed by atoms with Gasteiger partial charge in [-0.05, 0) is 60.6 Å². The highest BCUT2D eigenvalue weighted by Crippen LogP contribution is 2.70. The molecule has 2 fully saturated rings. The Balaban J connectivity index is 1.27. The van der Waals surface area contributed by atoms with Crippen molar-refractivity contribution in [3.63, 3.8) is 0 Å². The maximum absolute atomic E-state index is 12.7. The first-order chi connectivity index (χ1) is 13.8.